The molecule has 25 heavy (non-hydrogen) atoms. The number of anilines is 1. The van der Waals surface area contributed by atoms with Gasteiger partial charge in [-0.1, -0.05) is 0 Å². The van der Waals surface area contributed by atoms with Crippen LogP contribution in [0.25, 0.3) is 0 Å². The van der Waals surface area contributed by atoms with Crippen LogP contribution in [0, 0.1) is 0 Å². The van der Waals surface area contributed by atoms with Crippen molar-refractivity contribution in [2.45, 2.75) is 32.9 Å². The summed E-state index contributed by atoms with van der Waals surface area (Å²) in [6.07, 6.45) is -0.359. The van der Waals surface area contributed by atoms with Gasteiger partial charge in [-0.25, -0.2) is 9.00 Å². The summed E-state index contributed by atoms with van der Waals surface area (Å²) in [7, 11) is 0. The first-order chi connectivity index (χ1) is 11.8. The Balaban J connectivity index is 2.06. The van der Waals surface area contributed by atoms with E-state index in [0.29, 0.717) is 30.9 Å². The number of carbonyl (C=O) groups is 2. The standard InChI is InChI=1S/C16H23N3O5S/c1-4-24-16(21)19-11(2)9-18(10-12(19)3)15(20)13-5-7-14(8-6-13)17-25(22)23/h5-8,11-12,17H,4,9-10H2,1-3H3,(H,22,23)/t11-,12+. The molecule has 0 spiro atoms. The van der Waals surface area contributed by atoms with E-state index in [1.54, 1.807) is 41.0 Å². The van der Waals surface area contributed by atoms with Gasteiger partial charge in [0, 0.05) is 24.3 Å². The molecule has 1 unspecified atom stereocenters. The quantitative estimate of drug-likeness (QED) is 0.790. The highest BCUT2D eigenvalue weighted by molar-refractivity contribution is 7.80. The van der Waals surface area contributed by atoms with E-state index in [1.165, 1.54) is 0 Å². The van der Waals surface area contributed by atoms with Crippen molar-refractivity contribution in [2.24, 2.45) is 0 Å². The maximum atomic E-state index is 12.7. The molecule has 3 atom stereocenters. The van der Waals surface area contributed by atoms with Crippen LogP contribution in [0.4, 0.5) is 10.5 Å². The summed E-state index contributed by atoms with van der Waals surface area (Å²) in [5.74, 6) is -0.140. The smallest absolute Gasteiger partial charge is 0.410 e. The number of benzene rings is 1. The average Bonchev–Trinajstić information content (AvgIpc) is 2.54. The van der Waals surface area contributed by atoms with Crippen LogP contribution in [-0.4, -0.2) is 62.3 Å². The maximum absolute atomic E-state index is 12.7. The Morgan fingerprint density at radius 3 is 2.28 bits per heavy atom. The molecule has 0 radical (unpaired) electrons. The molecule has 2 rings (SSSR count). The number of amides is 2. The second-order valence-corrected chi connectivity index (χ2v) is 6.65. The van der Waals surface area contributed by atoms with Gasteiger partial charge >= 0.3 is 6.09 Å². The van der Waals surface area contributed by atoms with Gasteiger partial charge in [-0.3, -0.25) is 19.0 Å². The van der Waals surface area contributed by atoms with E-state index in [0.717, 1.165) is 0 Å². The first-order valence-corrected chi connectivity index (χ1v) is 9.16. The van der Waals surface area contributed by atoms with E-state index < -0.39 is 11.3 Å². The maximum Gasteiger partial charge on any atom is 0.410 e. The summed E-state index contributed by atoms with van der Waals surface area (Å²) < 4.78 is 26.9. The lowest BCUT2D eigenvalue weighted by molar-refractivity contribution is 0.0228. The molecule has 9 heteroatoms. The molecule has 0 aliphatic carbocycles. The van der Waals surface area contributed by atoms with Gasteiger partial charge in [0.2, 0.25) is 0 Å². The van der Waals surface area contributed by atoms with Crippen LogP contribution in [0.5, 0.6) is 0 Å². The minimum Gasteiger partial charge on any atom is -0.450 e. The summed E-state index contributed by atoms with van der Waals surface area (Å²) >= 11 is -2.15. The van der Waals surface area contributed by atoms with Crippen molar-refractivity contribution >= 4 is 29.0 Å². The van der Waals surface area contributed by atoms with Gasteiger partial charge in [0.1, 0.15) is 0 Å². The molecular formula is C16H23N3O5S. The summed E-state index contributed by atoms with van der Waals surface area (Å²) in [4.78, 5) is 28.1. The van der Waals surface area contributed by atoms with Crippen LogP contribution in [-0.2, 0) is 16.0 Å². The van der Waals surface area contributed by atoms with E-state index >= 15 is 0 Å². The predicted molar refractivity (Wildman–Crippen MR) is 94.5 cm³/mol. The zero-order valence-corrected chi connectivity index (χ0v) is 15.3. The highest BCUT2D eigenvalue weighted by atomic mass is 32.2. The number of hydrogen-bond acceptors (Lipinski definition) is 4. The average molecular weight is 369 g/mol. The number of hydrogen-bond donors (Lipinski definition) is 2. The van der Waals surface area contributed by atoms with Crippen LogP contribution in [0.2, 0.25) is 0 Å². The molecule has 2 amide bonds. The number of piperazine rings is 1. The van der Waals surface area contributed by atoms with E-state index in [-0.39, 0.29) is 24.1 Å². The third-order valence-electron chi connectivity index (χ3n) is 4.02. The van der Waals surface area contributed by atoms with Gasteiger partial charge in [-0.15, -0.1) is 0 Å². The fourth-order valence-electron chi connectivity index (χ4n) is 3.01. The number of nitrogens with zero attached hydrogens (tertiary/aromatic N) is 2. The molecule has 1 saturated heterocycles. The SMILES string of the molecule is CCOC(=O)N1[C@H](C)CN(C(=O)c2ccc(NS(=O)O)cc2)C[C@@H]1C. The van der Waals surface area contributed by atoms with Gasteiger partial charge in [-0.05, 0) is 45.0 Å². The highest BCUT2D eigenvalue weighted by Gasteiger charge is 2.35. The summed E-state index contributed by atoms with van der Waals surface area (Å²) in [5.41, 5.74) is 0.935. The van der Waals surface area contributed by atoms with Gasteiger partial charge in [0.15, 0.2) is 0 Å². The van der Waals surface area contributed by atoms with E-state index in [1.807, 2.05) is 13.8 Å². The topological polar surface area (TPSA) is 99.2 Å². The Hall–Kier alpha value is -2.13. The molecule has 1 aromatic carbocycles. The Bertz CT molecular complexity index is 640. The number of nitrogens with one attached hydrogen (secondary N) is 1. The van der Waals surface area contributed by atoms with Crippen LogP contribution < -0.4 is 4.72 Å². The first kappa shape index (κ1) is 19.2. The molecule has 0 saturated carbocycles. The van der Waals surface area contributed by atoms with E-state index in [2.05, 4.69) is 4.72 Å². The fourth-order valence-corrected chi connectivity index (χ4v) is 3.35. The van der Waals surface area contributed by atoms with Crippen LogP contribution in [0.1, 0.15) is 31.1 Å². The molecule has 2 N–H and O–H groups in total. The molecule has 1 aliphatic heterocycles. The fraction of sp³-hybridized carbons (Fsp3) is 0.500. The van der Waals surface area contributed by atoms with Crippen molar-refractivity contribution in [3.05, 3.63) is 29.8 Å². The Kier molecular flexibility index (Phi) is 6.38. The minimum atomic E-state index is -2.15. The van der Waals surface area contributed by atoms with Gasteiger partial charge < -0.3 is 9.64 Å². The summed E-state index contributed by atoms with van der Waals surface area (Å²) in [5, 5.41) is 0. The van der Waals surface area contributed by atoms with Crippen LogP contribution in [0.15, 0.2) is 24.3 Å². The van der Waals surface area contributed by atoms with Gasteiger partial charge in [-0.2, -0.15) is 0 Å². The zero-order valence-electron chi connectivity index (χ0n) is 14.5. The Labute approximate surface area is 149 Å². The van der Waals surface area contributed by atoms with E-state index in [9.17, 15) is 13.8 Å². The molecular weight excluding hydrogens is 346 g/mol. The lowest BCUT2D eigenvalue weighted by atomic mass is 10.1. The van der Waals surface area contributed by atoms with Crippen molar-refractivity contribution < 1.29 is 23.1 Å². The monoisotopic (exact) mass is 369 g/mol. The molecule has 0 bridgehead atoms. The minimum absolute atomic E-state index is 0.140. The van der Waals surface area contributed by atoms with Gasteiger partial charge in [0.25, 0.3) is 17.2 Å². The molecule has 1 fully saturated rings. The molecule has 1 heterocycles. The largest absolute Gasteiger partial charge is 0.450 e. The van der Waals surface area contributed by atoms with Crippen molar-refractivity contribution in [1.82, 2.24) is 9.80 Å². The van der Waals surface area contributed by atoms with Crippen LogP contribution >= 0.6 is 0 Å². The van der Waals surface area contributed by atoms with Crippen molar-refractivity contribution in [3.8, 4) is 0 Å². The molecule has 1 aliphatic rings. The predicted octanol–water partition coefficient (Wildman–Crippen LogP) is 1.93. The zero-order chi connectivity index (χ0) is 18.6. The number of carbonyl (C=O) groups excluding carboxylic acids is 2. The van der Waals surface area contributed by atoms with Crippen molar-refractivity contribution in [1.29, 1.82) is 0 Å². The normalized spacial score (nSPS) is 21.6. The van der Waals surface area contributed by atoms with Crippen molar-refractivity contribution in [2.75, 3.05) is 24.4 Å². The third-order valence-corrected chi connectivity index (χ3v) is 4.43. The summed E-state index contributed by atoms with van der Waals surface area (Å²) in [6.45, 7) is 6.69. The summed E-state index contributed by atoms with van der Waals surface area (Å²) in [6, 6.07) is 6.05. The Morgan fingerprint density at radius 2 is 1.80 bits per heavy atom. The second-order valence-electron chi connectivity index (χ2n) is 5.94. The number of ether oxygens (including phenoxy) is 1. The lowest BCUT2D eigenvalue weighted by Crippen LogP contribution is -2.59. The first-order valence-electron chi connectivity index (χ1n) is 8.05. The van der Waals surface area contributed by atoms with E-state index in [4.69, 9.17) is 9.29 Å². The highest BCUT2D eigenvalue weighted by Crippen LogP contribution is 2.20. The molecule has 8 nitrogen and oxygen atoms in total. The molecule has 138 valence electrons. The lowest BCUT2D eigenvalue weighted by Gasteiger charge is -2.43. The van der Waals surface area contributed by atoms with Gasteiger partial charge in [0.05, 0.1) is 18.7 Å². The molecule has 1 aromatic rings. The van der Waals surface area contributed by atoms with Crippen LogP contribution in [0.3, 0.4) is 0 Å². The van der Waals surface area contributed by atoms with Crippen molar-refractivity contribution in [3.63, 3.8) is 0 Å². The second kappa shape index (κ2) is 8.30. The number of rotatable bonds is 4. The molecule has 0 aromatic heterocycles. The third kappa shape index (κ3) is 4.70. The Morgan fingerprint density at radius 1 is 1.24 bits per heavy atom.